The van der Waals surface area contributed by atoms with Crippen LogP contribution in [0.4, 0.5) is 0 Å². The molecule has 0 unspecified atom stereocenters. The van der Waals surface area contributed by atoms with Crippen LogP contribution in [-0.2, 0) is 14.1 Å². The van der Waals surface area contributed by atoms with Gasteiger partial charge in [-0.15, -0.1) is 0 Å². The van der Waals surface area contributed by atoms with Crippen LogP contribution < -0.4 is 9.13 Å². The van der Waals surface area contributed by atoms with E-state index in [2.05, 4.69) is 0 Å². The topological polar surface area (TPSA) is 45.1 Å². The van der Waals surface area contributed by atoms with Gasteiger partial charge in [-0.25, -0.2) is 13.9 Å². The molecule has 2 rings (SSSR count). The Morgan fingerprint density at radius 2 is 1.65 bits per heavy atom. The Hall–Kier alpha value is -2.23. The van der Waals surface area contributed by atoms with E-state index in [1.807, 2.05) is 48.4 Å². The van der Waals surface area contributed by atoms with Gasteiger partial charge in [-0.1, -0.05) is 0 Å². The first-order chi connectivity index (χ1) is 8.08. The van der Waals surface area contributed by atoms with Crippen LogP contribution in [0.2, 0.25) is 0 Å². The van der Waals surface area contributed by atoms with Crippen LogP contribution in [0.1, 0.15) is 10.4 Å². The van der Waals surface area contributed by atoms with Gasteiger partial charge in [0.05, 0.1) is 0 Å². The van der Waals surface area contributed by atoms with Crippen LogP contribution in [0.3, 0.4) is 0 Å². The largest absolute Gasteiger partial charge is 0.477 e. The molecule has 0 saturated carbocycles. The smallest absolute Gasteiger partial charge is 0.342 e. The SMILES string of the molecule is C[n+]1ccc(-c2cc[n+](C)cc2C(=O)O)cc1. The molecule has 0 aliphatic carbocycles. The molecular weight excluding hydrogens is 216 g/mol. The zero-order valence-electron chi connectivity index (χ0n) is 9.79. The summed E-state index contributed by atoms with van der Waals surface area (Å²) in [6, 6.07) is 5.63. The van der Waals surface area contributed by atoms with Gasteiger partial charge in [-0.2, -0.15) is 0 Å². The molecule has 0 saturated heterocycles. The number of carbonyl (C=O) groups is 1. The van der Waals surface area contributed by atoms with Crippen molar-refractivity contribution in [3.8, 4) is 11.1 Å². The van der Waals surface area contributed by atoms with E-state index in [0.29, 0.717) is 5.56 Å². The number of nitrogens with zero attached hydrogens (tertiary/aromatic N) is 2. The number of hydrogen-bond donors (Lipinski definition) is 1. The third-order valence-corrected chi connectivity index (χ3v) is 2.62. The molecule has 0 radical (unpaired) electrons. The molecule has 0 aliphatic heterocycles. The van der Waals surface area contributed by atoms with Crippen LogP contribution in [0.5, 0.6) is 0 Å². The summed E-state index contributed by atoms with van der Waals surface area (Å²) in [7, 11) is 3.73. The maximum Gasteiger partial charge on any atom is 0.342 e. The van der Waals surface area contributed by atoms with Crippen molar-refractivity contribution in [1.82, 2.24) is 0 Å². The van der Waals surface area contributed by atoms with Crippen LogP contribution in [-0.4, -0.2) is 11.1 Å². The van der Waals surface area contributed by atoms with Crippen molar-refractivity contribution >= 4 is 5.97 Å². The Morgan fingerprint density at radius 1 is 1.06 bits per heavy atom. The van der Waals surface area contributed by atoms with Gasteiger partial charge in [0.1, 0.15) is 19.7 Å². The number of pyridine rings is 2. The zero-order chi connectivity index (χ0) is 12.4. The molecule has 4 heteroatoms. The lowest BCUT2D eigenvalue weighted by atomic mass is 10.0. The van der Waals surface area contributed by atoms with Gasteiger partial charge in [0.15, 0.2) is 24.8 Å². The highest BCUT2D eigenvalue weighted by molar-refractivity contribution is 5.95. The molecule has 0 fully saturated rings. The van der Waals surface area contributed by atoms with Crippen molar-refractivity contribution in [1.29, 1.82) is 0 Å². The highest BCUT2D eigenvalue weighted by atomic mass is 16.4. The fraction of sp³-hybridized carbons (Fsp3) is 0.154. The number of aromatic nitrogens is 2. The van der Waals surface area contributed by atoms with Crippen molar-refractivity contribution in [3.63, 3.8) is 0 Å². The molecule has 0 aliphatic rings. The average Bonchev–Trinajstić information content (AvgIpc) is 2.30. The number of aryl methyl sites for hydroxylation is 2. The third-order valence-electron chi connectivity index (χ3n) is 2.62. The van der Waals surface area contributed by atoms with E-state index in [1.54, 1.807) is 17.8 Å². The summed E-state index contributed by atoms with van der Waals surface area (Å²) >= 11 is 0. The van der Waals surface area contributed by atoms with Gasteiger partial charge in [-0.05, 0) is 5.56 Å². The monoisotopic (exact) mass is 230 g/mol. The Balaban J connectivity index is 2.58. The molecule has 86 valence electrons. The lowest BCUT2D eigenvalue weighted by Crippen LogP contribution is -2.28. The van der Waals surface area contributed by atoms with E-state index >= 15 is 0 Å². The molecule has 2 aromatic rings. The van der Waals surface area contributed by atoms with Crippen LogP contribution in [0.15, 0.2) is 43.0 Å². The second-order valence-electron chi connectivity index (χ2n) is 4.00. The minimum atomic E-state index is -0.913. The molecule has 0 aromatic carbocycles. The van der Waals surface area contributed by atoms with Crippen LogP contribution >= 0.6 is 0 Å². The van der Waals surface area contributed by atoms with Gasteiger partial charge in [0.25, 0.3) is 0 Å². The van der Waals surface area contributed by atoms with Gasteiger partial charge < -0.3 is 5.11 Å². The molecule has 2 heterocycles. The standard InChI is InChI=1S/C13H13N2O2/c1-14-6-3-10(4-7-14)11-5-8-15(2)9-12(11)13(16)17/h3-9H,1-2H3/q+1/p+1. The Kier molecular flexibility index (Phi) is 2.87. The predicted molar refractivity (Wildman–Crippen MR) is 61.2 cm³/mol. The molecule has 0 spiro atoms. The zero-order valence-corrected chi connectivity index (χ0v) is 9.79. The summed E-state index contributed by atoms with van der Waals surface area (Å²) < 4.78 is 3.64. The second-order valence-corrected chi connectivity index (χ2v) is 4.00. The molecule has 17 heavy (non-hydrogen) atoms. The lowest BCUT2D eigenvalue weighted by Gasteiger charge is -2.03. The summed E-state index contributed by atoms with van der Waals surface area (Å²) in [5, 5.41) is 9.19. The predicted octanol–water partition coefficient (Wildman–Crippen LogP) is 0.701. The van der Waals surface area contributed by atoms with E-state index in [4.69, 9.17) is 0 Å². The summed E-state index contributed by atoms with van der Waals surface area (Å²) in [6.07, 6.45) is 7.25. The van der Waals surface area contributed by atoms with E-state index in [-0.39, 0.29) is 0 Å². The summed E-state index contributed by atoms with van der Waals surface area (Å²) in [5.74, 6) is -0.913. The van der Waals surface area contributed by atoms with E-state index in [1.165, 1.54) is 0 Å². The number of carboxylic acids is 1. The van der Waals surface area contributed by atoms with Crippen molar-refractivity contribution in [2.45, 2.75) is 0 Å². The highest BCUT2D eigenvalue weighted by Gasteiger charge is 2.16. The Bertz CT molecular complexity index is 562. The van der Waals surface area contributed by atoms with Crippen molar-refractivity contribution in [2.75, 3.05) is 0 Å². The lowest BCUT2D eigenvalue weighted by molar-refractivity contribution is -0.671. The van der Waals surface area contributed by atoms with E-state index in [9.17, 15) is 9.90 Å². The Morgan fingerprint density at radius 3 is 2.24 bits per heavy atom. The van der Waals surface area contributed by atoms with Crippen molar-refractivity contribution in [2.24, 2.45) is 14.1 Å². The molecule has 2 aromatic heterocycles. The third kappa shape index (κ3) is 2.30. The quantitative estimate of drug-likeness (QED) is 0.772. The highest BCUT2D eigenvalue weighted by Crippen LogP contribution is 2.21. The first-order valence-electron chi connectivity index (χ1n) is 5.26. The molecular formula is C13H14N2O2+2. The molecule has 0 bridgehead atoms. The van der Waals surface area contributed by atoms with Gasteiger partial charge in [0.2, 0.25) is 0 Å². The van der Waals surface area contributed by atoms with Crippen LogP contribution in [0.25, 0.3) is 11.1 Å². The molecule has 0 amide bonds. The van der Waals surface area contributed by atoms with Gasteiger partial charge in [-0.3, -0.25) is 0 Å². The molecule has 0 atom stereocenters. The van der Waals surface area contributed by atoms with E-state index < -0.39 is 5.97 Å². The minimum Gasteiger partial charge on any atom is -0.477 e. The molecule has 4 nitrogen and oxygen atoms in total. The van der Waals surface area contributed by atoms with Crippen molar-refractivity contribution in [3.05, 3.63) is 48.5 Å². The maximum absolute atomic E-state index is 11.2. The normalized spacial score (nSPS) is 10.2. The number of aromatic carboxylic acids is 1. The first-order valence-corrected chi connectivity index (χ1v) is 5.26. The number of rotatable bonds is 2. The maximum atomic E-state index is 11.2. The first kappa shape index (κ1) is 11.3. The summed E-state index contributed by atoms with van der Waals surface area (Å²) in [4.78, 5) is 11.2. The van der Waals surface area contributed by atoms with E-state index in [0.717, 1.165) is 11.1 Å². The minimum absolute atomic E-state index is 0.309. The fourth-order valence-electron chi connectivity index (χ4n) is 1.70. The second kappa shape index (κ2) is 4.33. The molecule has 1 N–H and O–H groups in total. The van der Waals surface area contributed by atoms with Crippen molar-refractivity contribution < 1.29 is 19.0 Å². The Labute approximate surface area is 99.4 Å². The average molecular weight is 230 g/mol. The van der Waals surface area contributed by atoms with Gasteiger partial charge in [0, 0.05) is 23.8 Å². The number of hydrogen-bond acceptors (Lipinski definition) is 1. The summed E-state index contributed by atoms with van der Waals surface area (Å²) in [6.45, 7) is 0. The fourth-order valence-corrected chi connectivity index (χ4v) is 1.70. The summed E-state index contributed by atoms with van der Waals surface area (Å²) in [5.41, 5.74) is 1.95. The van der Waals surface area contributed by atoms with Crippen LogP contribution in [0, 0.1) is 0 Å². The van der Waals surface area contributed by atoms with Gasteiger partial charge >= 0.3 is 5.97 Å². The number of carboxylic acid groups (broad SMARTS) is 1.